The number of ether oxygens (including phenoxy) is 2. The first-order valence-corrected chi connectivity index (χ1v) is 9.97. The van der Waals surface area contributed by atoms with Gasteiger partial charge < -0.3 is 9.47 Å². The molecule has 2 rings (SSSR count). The highest BCUT2D eigenvalue weighted by molar-refractivity contribution is 7.88. The number of benzene rings is 2. The van der Waals surface area contributed by atoms with Gasteiger partial charge in [-0.1, -0.05) is 29.3 Å². The largest absolute Gasteiger partial charge is 0.573 e. The van der Waals surface area contributed by atoms with E-state index in [4.69, 9.17) is 27.9 Å². The molecule has 0 unspecified atom stereocenters. The van der Waals surface area contributed by atoms with Crippen molar-refractivity contribution in [2.75, 3.05) is 7.05 Å². The molecule has 0 bridgehead atoms. The molecule has 2 aromatic rings. The van der Waals surface area contributed by atoms with Crippen LogP contribution in [0.3, 0.4) is 0 Å². The van der Waals surface area contributed by atoms with Crippen LogP contribution in [0.2, 0.25) is 10.0 Å². The number of hydrogen-bond acceptors (Lipinski definition) is 5. The molecule has 1 amide bonds. The van der Waals surface area contributed by atoms with E-state index in [1.54, 1.807) is 4.72 Å². The summed E-state index contributed by atoms with van der Waals surface area (Å²) in [6.45, 7) is -0.331. The van der Waals surface area contributed by atoms with Crippen LogP contribution in [0.5, 0.6) is 11.5 Å². The minimum atomic E-state index is -4.92. The number of nitrogens with one attached hydrogen (secondary N) is 2. The van der Waals surface area contributed by atoms with Gasteiger partial charge in [0, 0.05) is 18.7 Å². The summed E-state index contributed by atoms with van der Waals surface area (Å²) < 4.78 is 86.2. The summed E-state index contributed by atoms with van der Waals surface area (Å²) in [6, 6.07) is 5.34. The lowest BCUT2D eigenvalue weighted by atomic mass is 10.1. The number of amides is 1. The standard InChI is InChI=1S/C16H12Cl2F4N2O5S/c1-23-30(26,27)24-15(25)10-4-2-8(13(18)14(10)19)7-28-9-3-5-12(11(17)6-9)29-16(20,21)22/h2-6,23H,7H2,1H3,(H,24,25). The Hall–Kier alpha value is -2.28. The molecule has 0 heterocycles. The molecule has 14 heteroatoms. The molecule has 0 saturated carbocycles. The van der Waals surface area contributed by atoms with Crippen LogP contribution in [0.25, 0.3) is 0 Å². The number of hydrogen-bond donors (Lipinski definition) is 2. The van der Waals surface area contributed by atoms with E-state index < -0.39 is 44.6 Å². The summed E-state index contributed by atoms with van der Waals surface area (Å²) in [4.78, 5) is 11.9. The van der Waals surface area contributed by atoms with E-state index >= 15 is 0 Å². The first-order chi connectivity index (χ1) is 13.8. The maximum absolute atomic E-state index is 14.4. The maximum atomic E-state index is 14.4. The van der Waals surface area contributed by atoms with Crippen molar-refractivity contribution in [3.05, 3.63) is 57.3 Å². The van der Waals surface area contributed by atoms with Gasteiger partial charge in [-0.15, -0.1) is 13.2 Å². The molecule has 0 aromatic heterocycles. The summed E-state index contributed by atoms with van der Waals surface area (Å²) >= 11 is 11.6. The average Bonchev–Trinajstić information content (AvgIpc) is 2.63. The summed E-state index contributed by atoms with van der Waals surface area (Å²) in [7, 11) is -3.10. The van der Waals surface area contributed by atoms with E-state index in [0.29, 0.717) is 0 Å². The monoisotopic (exact) mass is 490 g/mol. The van der Waals surface area contributed by atoms with Crippen molar-refractivity contribution >= 4 is 39.3 Å². The van der Waals surface area contributed by atoms with Crippen LogP contribution in [0.4, 0.5) is 17.6 Å². The first kappa shape index (κ1) is 24.0. The highest BCUT2D eigenvalue weighted by Crippen LogP contribution is 2.33. The van der Waals surface area contributed by atoms with Crippen molar-refractivity contribution in [3.8, 4) is 11.5 Å². The third-order valence-corrected chi connectivity index (χ3v) is 5.12. The minimum Gasteiger partial charge on any atom is -0.489 e. The summed E-state index contributed by atoms with van der Waals surface area (Å²) in [5, 5.41) is -0.882. The van der Waals surface area contributed by atoms with Crippen LogP contribution in [0.15, 0.2) is 30.3 Å². The lowest BCUT2D eigenvalue weighted by Crippen LogP contribution is -2.38. The second kappa shape index (κ2) is 9.25. The predicted molar refractivity (Wildman–Crippen MR) is 99.3 cm³/mol. The Balaban J connectivity index is 2.14. The molecule has 0 atom stereocenters. The minimum absolute atomic E-state index is 0.0351. The Bertz CT molecular complexity index is 1060. The SMILES string of the molecule is CNS(=O)(=O)NC(=O)c1ccc(COc2ccc(OC(F)(F)F)c(Cl)c2)c(Cl)c1F. The Morgan fingerprint density at radius 1 is 1.17 bits per heavy atom. The molecule has 2 N–H and O–H groups in total. The fourth-order valence-electron chi connectivity index (χ4n) is 2.04. The third-order valence-electron chi connectivity index (χ3n) is 3.43. The van der Waals surface area contributed by atoms with E-state index in [0.717, 1.165) is 31.3 Å². The highest BCUT2D eigenvalue weighted by Gasteiger charge is 2.32. The lowest BCUT2D eigenvalue weighted by Gasteiger charge is -2.13. The van der Waals surface area contributed by atoms with E-state index in [-0.39, 0.29) is 22.9 Å². The summed E-state index contributed by atoms with van der Waals surface area (Å²) in [6.07, 6.45) is -4.92. The Morgan fingerprint density at radius 2 is 1.83 bits per heavy atom. The smallest absolute Gasteiger partial charge is 0.489 e. The van der Waals surface area contributed by atoms with Gasteiger partial charge in [0.05, 0.1) is 15.6 Å². The van der Waals surface area contributed by atoms with E-state index in [1.807, 2.05) is 4.72 Å². The quantitative estimate of drug-likeness (QED) is 0.575. The Kier molecular flexibility index (Phi) is 7.40. The number of rotatable bonds is 7. The van der Waals surface area contributed by atoms with Gasteiger partial charge in [0.25, 0.3) is 5.91 Å². The van der Waals surface area contributed by atoms with Gasteiger partial charge in [0.15, 0.2) is 5.82 Å². The van der Waals surface area contributed by atoms with Crippen LogP contribution in [0, 0.1) is 5.82 Å². The lowest BCUT2D eigenvalue weighted by molar-refractivity contribution is -0.274. The number of carbonyl (C=O) groups excluding carboxylic acids is 1. The molecule has 2 aromatic carbocycles. The Morgan fingerprint density at radius 3 is 2.40 bits per heavy atom. The van der Waals surface area contributed by atoms with Crippen molar-refractivity contribution in [1.29, 1.82) is 0 Å². The fraction of sp³-hybridized carbons (Fsp3) is 0.188. The molecular formula is C16H12Cl2F4N2O5S. The normalized spacial score (nSPS) is 11.8. The molecule has 0 fully saturated rings. The zero-order valence-corrected chi connectivity index (χ0v) is 17.1. The summed E-state index contributed by atoms with van der Waals surface area (Å²) in [5.41, 5.74) is -0.548. The molecule has 164 valence electrons. The first-order valence-electron chi connectivity index (χ1n) is 7.73. The second-order valence-electron chi connectivity index (χ2n) is 5.47. The van der Waals surface area contributed by atoms with Gasteiger partial charge in [0.2, 0.25) is 0 Å². The van der Waals surface area contributed by atoms with E-state index in [1.165, 1.54) is 6.07 Å². The van der Waals surface area contributed by atoms with Gasteiger partial charge in [-0.05, 0) is 18.2 Å². The van der Waals surface area contributed by atoms with Crippen LogP contribution >= 0.6 is 23.2 Å². The zero-order valence-electron chi connectivity index (χ0n) is 14.8. The molecule has 0 aliphatic rings. The molecular weight excluding hydrogens is 479 g/mol. The van der Waals surface area contributed by atoms with Crippen LogP contribution < -0.4 is 18.9 Å². The van der Waals surface area contributed by atoms with E-state index in [9.17, 15) is 30.8 Å². The van der Waals surface area contributed by atoms with Crippen LogP contribution in [-0.2, 0) is 16.8 Å². The van der Waals surface area contributed by atoms with Crippen molar-refractivity contribution < 1.29 is 40.2 Å². The Labute approximate surface area is 178 Å². The molecule has 0 spiro atoms. The number of alkyl halides is 3. The van der Waals surface area contributed by atoms with Crippen molar-refractivity contribution in [2.45, 2.75) is 13.0 Å². The van der Waals surface area contributed by atoms with Crippen LogP contribution in [-0.4, -0.2) is 27.7 Å². The average molecular weight is 491 g/mol. The van der Waals surface area contributed by atoms with Crippen LogP contribution in [0.1, 0.15) is 15.9 Å². The maximum Gasteiger partial charge on any atom is 0.573 e. The van der Waals surface area contributed by atoms with Crippen molar-refractivity contribution in [3.63, 3.8) is 0 Å². The van der Waals surface area contributed by atoms with Gasteiger partial charge in [-0.25, -0.2) is 13.8 Å². The summed E-state index contributed by atoms with van der Waals surface area (Å²) in [5.74, 6) is -3.03. The van der Waals surface area contributed by atoms with Gasteiger partial charge in [0.1, 0.15) is 18.1 Å². The molecule has 0 aliphatic heterocycles. The van der Waals surface area contributed by atoms with Gasteiger partial charge >= 0.3 is 16.6 Å². The number of carbonyl (C=O) groups is 1. The molecule has 7 nitrogen and oxygen atoms in total. The number of halogens is 6. The predicted octanol–water partition coefficient (Wildman–Crippen LogP) is 3.80. The van der Waals surface area contributed by atoms with Gasteiger partial charge in [-0.2, -0.15) is 8.42 Å². The molecule has 0 radical (unpaired) electrons. The van der Waals surface area contributed by atoms with Gasteiger partial charge in [-0.3, -0.25) is 4.79 Å². The second-order valence-corrected chi connectivity index (χ2v) is 7.87. The molecule has 0 saturated heterocycles. The molecule has 30 heavy (non-hydrogen) atoms. The fourth-order valence-corrected chi connectivity index (χ4v) is 2.93. The van der Waals surface area contributed by atoms with Crippen molar-refractivity contribution in [2.24, 2.45) is 0 Å². The third kappa shape index (κ3) is 6.36. The topological polar surface area (TPSA) is 93.7 Å². The van der Waals surface area contributed by atoms with E-state index in [2.05, 4.69) is 4.74 Å². The highest BCUT2D eigenvalue weighted by atomic mass is 35.5. The zero-order chi connectivity index (χ0) is 22.7. The van der Waals surface area contributed by atoms with Crippen molar-refractivity contribution in [1.82, 2.24) is 9.44 Å². The molecule has 0 aliphatic carbocycles.